The number of carbonyl (C=O) groups is 2. The van der Waals surface area contributed by atoms with E-state index in [0.717, 1.165) is 0 Å². The molecule has 2 N–H and O–H groups in total. The monoisotopic (exact) mass is 296 g/mol. The summed E-state index contributed by atoms with van der Waals surface area (Å²) < 4.78 is 11.9. The van der Waals surface area contributed by atoms with Gasteiger partial charge >= 0.3 is 5.97 Å². The number of aromatic nitrogens is 2. The van der Waals surface area contributed by atoms with Gasteiger partial charge in [0.2, 0.25) is 5.91 Å². The number of nitrogens with zero attached hydrogens (tertiary/aromatic N) is 3. The number of aryl methyl sites for hydroxylation is 1. The first kappa shape index (κ1) is 15.5. The van der Waals surface area contributed by atoms with Crippen LogP contribution < -0.4 is 5.73 Å². The molecule has 1 fully saturated rings. The zero-order valence-electron chi connectivity index (χ0n) is 12.2. The number of carbonyl (C=O) groups excluding carboxylic acids is 2. The molecule has 8 heteroatoms. The van der Waals surface area contributed by atoms with Crippen LogP contribution in [-0.2, 0) is 27.9 Å². The van der Waals surface area contributed by atoms with E-state index in [1.165, 1.54) is 6.20 Å². The molecule has 1 aliphatic rings. The zero-order chi connectivity index (χ0) is 15.4. The molecule has 8 nitrogen and oxygen atoms in total. The summed E-state index contributed by atoms with van der Waals surface area (Å²) in [6.45, 7) is 3.80. The van der Waals surface area contributed by atoms with Crippen LogP contribution in [0.3, 0.4) is 0 Å². The number of hydrogen-bond donors (Lipinski definition) is 1. The van der Waals surface area contributed by atoms with Gasteiger partial charge in [-0.25, -0.2) is 4.79 Å². The fourth-order valence-corrected chi connectivity index (χ4v) is 2.31. The molecule has 2 rings (SSSR count). The van der Waals surface area contributed by atoms with E-state index in [2.05, 4.69) is 5.10 Å². The Bertz CT molecular complexity index is 528. The molecule has 0 spiro atoms. The van der Waals surface area contributed by atoms with Crippen molar-refractivity contribution < 1.29 is 19.1 Å². The van der Waals surface area contributed by atoms with Crippen LogP contribution in [0.4, 0.5) is 0 Å². The highest BCUT2D eigenvalue weighted by atomic mass is 16.5. The Labute approximate surface area is 122 Å². The summed E-state index contributed by atoms with van der Waals surface area (Å²) in [5, 5.41) is 4.10. The second kappa shape index (κ2) is 6.68. The highest BCUT2D eigenvalue weighted by molar-refractivity contribution is 5.90. The lowest BCUT2D eigenvalue weighted by atomic mass is 10.1. The summed E-state index contributed by atoms with van der Waals surface area (Å²) in [7, 11) is 1.75. The summed E-state index contributed by atoms with van der Waals surface area (Å²) >= 11 is 0. The van der Waals surface area contributed by atoms with Gasteiger partial charge < -0.3 is 15.2 Å². The van der Waals surface area contributed by atoms with Crippen LogP contribution in [0.5, 0.6) is 0 Å². The van der Waals surface area contributed by atoms with Crippen LogP contribution in [0.15, 0.2) is 6.20 Å². The minimum absolute atomic E-state index is 0.266. The smallest absolute Gasteiger partial charge is 0.341 e. The maximum absolute atomic E-state index is 11.9. The lowest BCUT2D eigenvalue weighted by molar-refractivity contribution is -0.129. The van der Waals surface area contributed by atoms with Crippen LogP contribution in [0, 0.1) is 0 Å². The maximum Gasteiger partial charge on any atom is 0.341 e. The van der Waals surface area contributed by atoms with Crippen molar-refractivity contribution in [3.8, 4) is 0 Å². The van der Waals surface area contributed by atoms with Gasteiger partial charge in [0.05, 0.1) is 31.7 Å². The molecule has 0 aliphatic carbocycles. The first-order valence-corrected chi connectivity index (χ1v) is 6.83. The van der Waals surface area contributed by atoms with Gasteiger partial charge in [-0.05, 0) is 6.92 Å². The topological polar surface area (TPSA) is 99.7 Å². The van der Waals surface area contributed by atoms with Gasteiger partial charge in [-0.15, -0.1) is 0 Å². The molecule has 1 aromatic rings. The summed E-state index contributed by atoms with van der Waals surface area (Å²) in [6.07, 6.45) is 1.48. The van der Waals surface area contributed by atoms with Crippen molar-refractivity contribution in [2.24, 2.45) is 12.8 Å². The Kier molecular flexibility index (Phi) is 4.92. The summed E-state index contributed by atoms with van der Waals surface area (Å²) in [6, 6.07) is -0.497. The Morgan fingerprint density at radius 2 is 2.33 bits per heavy atom. The Hall–Kier alpha value is -1.93. The summed E-state index contributed by atoms with van der Waals surface area (Å²) in [5.41, 5.74) is 6.50. The van der Waals surface area contributed by atoms with Crippen molar-refractivity contribution in [1.82, 2.24) is 14.7 Å². The number of esters is 1. The van der Waals surface area contributed by atoms with E-state index in [1.807, 2.05) is 4.90 Å². The Morgan fingerprint density at radius 1 is 1.57 bits per heavy atom. The van der Waals surface area contributed by atoms with Gasteiger partial charge in [-0.3, -0.25) is 14.4 Å². The van der Waals surface area contributed by atoms with Crippen molar-refractivity contribution in [1.29, 1.82) is 0 Å². The number of nitrogens with two attached hydrogens (primary N) is 1. The number of ether oxygens (including phenoxy) is 2. The lowest BCUT2D eigenvalue weighted by Gasteiger charge is -2.33. The average Bonchev–Trinajstić information content (AvgIpc) is 2.81. The predicted molar refractivity (Wildman–Crippen MR) is 73.4 cm³/mol. The van der Waals surface area contributed by atoms with Gasteiger partial charge in [-0.1, -0.05) is 0 Å². The third-order valence-electron chi connectivity index (χ3n) is 3.48. The van der Waals surface area contributed by atoms with E-state index in [-0.39, 0.29) is 6.61 Å². The minimum atomic E-state index is -0.497. The number of amides is 1. The molecule has 1 amide bonds. The molecular formula is C13H20N4O4. The van der Waals surface area contributed by atoms with E-state index >= 15 is 0 Å². The van der Waals surface area contributed by atoms with E-state index in [1.54, 1.807) is 18.7 Å². The van der Waals surface area contributed by atoms with Crippen molar-refractivity contribution >= 4 is 11.9 Å². The molecule has 21 heavy (non-hydrogen) atoms. The fourth-order valence-electron chi connectivity index (χ4n) is 2.31. The van der Waals surface area contributed by atoms with Crippen molar-refractivity contribution in [3.05, 3.63) is 17.5 Å². The molecule has 0 bridgehead atoms. The zero-order valence-corrected chi connectivity index (χ0v) is 12.2. The minimum Gasteiger partial charge on any atom is -0.462 e. The molecule has 1 aromatic heterocycles. The van der Waals surface area contributed by atoms with Crippen LogP contribution >= 0.6 is 0 Å². The number of primary amides is 1. The number of morpholine rings is 1. The van der Waals surface area contributed by atoms with Crippen LogP contribution in [0.25, 0.3) is 0 Å². The number of hydrogen-bond acceptors (Lipinski definition) is 6. The molecule has 1 atom stereocenters. The molecule has 0 radical (unpaired) electrons. The second-order valence-corrected chi connectivity index (χ2v) is 4.81. The van der Waals surface area contributed by atoms with Gasteiger partial charge in [0.1, 0.15) is 11.6 Å². The summed E-state index contributed by atoms with van der Waals surface area (Å²) in [4.78, 5) is 25.3. The van der Waals surface area contributed by atoms with Crippen LogP contribution in [0.1, 0.15) is 23.0 Å². The molecule has 1 saturated heterocycles. The number of rotatable bonds is 5. The molecule has 0 aromatic carbocycles. The largest absolute Gasteiger partial charge is 0.462 e. The third-order valence-corrected chi connectivity index (χ3v) is 3.48. The fraction of sp³-hybridized carbons (Fsp3) is 0.615. The summed E-state index contributed by atoms with van der Waals surface area (Å²) in [5.74, 6) is -0.848. The van der Waals surface area contributed by atoms with E-state index < -0.39 is 17.9 Å². The second-order valence-electron chi connectivity index (χ2n) is 4.81. The van der Waals surface area contributed by atoms with Gasteiger partial charge in [0, 0.05) is 20.1 Å². The van der Waals surface area contributed by atoms with Crippen molar-refractivity contribution in [2.75, 3.05) is 26.4 Å². The molecule has 1 unspecified atom stereocenters. The van der Waals surface area contributed by atoms with Crippen molar-refractivity contribution in [2.45, 2.75) is 19.5 Å². The molecule has 2 heterocycles. The molecule has 0 saturated carbocycles. The average molecular weight is 296 g/mol. The SMILES string of the molecule is CCOC(=O)c1cnn(C)c1CN1CCOCC1C(N)=O. The Balaban J connectivity index is 2.20. The first-order chi connectivity index (χ1) is 10.0. The van der Waals surface area contributed by atoms with Gasteiger partial charge in [0.25, 0.3) is 0 Å². The van der Waals surface area contributed by atoms with Crippen LogP contribution in [-0.4, -0.2) is 59.0 Å². The van der Waals surface area contributed by atoms with Gasteiger partial charge in [0.15, 0.2) is 0 Å². The lowest BCUT2D eigenvalue weighted by Crippen LogP contribution is -2.52. The maximum atomic E-state index is 11.9. The van der Waals surface area contributed by atoms with Crippen molar-refractivity contribution in [3.63, 3.8) is 0 Å². The first-order valence-electron chi connectivity index (χ1n) is 6.83. The molecule has 1 aliphatic heterocycles. The van der Waals surface area contributed by atoms with E-state index in [0.29, 0.717) is 37.6 Å². The molecular weight excluding hydrogens is 276 g/mol. The molecule has 116 valence electrons. The quantitative estimate of drug-likeness (QED) is 0.720. The van der Waals surface area contributed by atoms with Crippen LogP contribution in [0.2, 0.25) is 0 Å². The standard InChI is InChI=1S/C13H20N4O4/c1-3-21-13(19)9-6-15-16(2)10(9)7-17-4-5-20-8-11(17)12(14)18/h6,11H,3-5,7-8H2,1-2H3,(H2,14,18). The van der Waals surface area contributed by atoms with Gasteiger partial charge in [-0.2, -0.15) is 5.10 Å². The normalized spacial score (nSPS) is 19.4. The highest BCUT2D eigenvalue weighted by Crippen LogP contribution is 2.16. The van der Waals surface area contributed by atoms with E-state index in [9.17, 15) is 9.59 Å². The Morgan fingerprint density at radius 3 is 3.00 bits per heavy atom. The highest BCUT2D eigenvalue weighted by Gasteiger charge is 2.30. The van der Waals surface area contributed by atoms with E-state index in [4.69, 9.17) is 15.2 Å². The third kappa shape index (κ3) is 3.40. The predicted octanol–water partition coefficient (Wildman–Crippen LogP) is -0.717.